The lowest BCUT2D eigenvalue weighted by Gasteiger charge is -2.34. The Morgan fingerprint density at radius 3 is 2.33 bits per heavy atom. The summed E-state index contributed by atoms with van der Waals surface area (Å²) in [5.74, 6) is -0.148. The van der Waals surface area contributed by atoms with Crippen molar-refractivity contribution in [2.75, 3.05) is 44.3 Å². The second kappa shape index (κ2) is 10.0. The maximum absolute atomic E-state index is 13.4. The summed E-state index contributed by atoms with van der Waals surface area (Å²) in [7, 11) is 1.29. The average Bonchev–Trinajstić information content (AvgIpc) is 2.76. The summed E-state index contributed by atoms with van der Waals surface area (Å²) < 4.78 is 69.9. The van der Waals surface area contributed by atoms with Gasteiger partial charge in [0.2, 0.25) is 11.9 Å². The minimum Gasteiger partial charge on any atom is -0.371 e. The van der Waals surface area contributed by atoms with Crippen LogP contribution in [0.4, 0.5) is 27.9 Å². The number of aromatic nitrogens is 4. The number of nitrogens with one attached hydrogen (secondary N) is 1. The number of halogens is 5. The van der Waals surface area contributed by atoms with Gasteiger partial charge >= 0.3 is 6.18 Å². The molecule has 0 bridgehead atoms. The first-order valence-corrected chi connectivity index (χ1v) is 10.3. The zero-order valence-electron chi connectivity index (χ0n) is 17.1. The molecule has 9 nitrogen and oxygen atoms in total. The number of ether oxygens (including phenoxy) is 1. The second-order valence-electron chi connectivity index (χ2n) is 7.16. The number of piperazine rings is 1. The van der Waals surface area contributed by atoms with Crippen molar-refractivity contribution in [3.63, 3.8) is 0 Å². The van der Waals surface area contributed by atoms with Gasteiger partial charge in [-0.3, -0.25) is 9.59 Å². The van der Waals surface area contributed by atoms with Gasteiger partial charge in [-0.2, -0.15) is 27.1 Å². The Bertz CT molecular complexity index is 1020. The van der Waals surface area contributed by atoms with Gasteiger partial charge in [0.15, 0.2) is 0 Å². The summed E-state index contributed by atoms with van der Waals surface area (Å²) in [6.07, 6.45) is -2.97. The molecule has 1 fully saturated rings. The van der Waals surface area contributed by atoms with Crippen LogP contribution in [-0.2, 0) is 27.8 Å². The number of carbonyl (C=O) groups excluding carboxylic acids is 1. The Morgan fingerprint density at radius 2 is 1.76 bits per heavy atom. The van der Waals surface area contributed by atoms with E-state index in [0.29, 0.717) is 38.6 Å². The van der Waals surface area contributed by atoms with Crippen molar-refractivity contribution in [3.05, 3.63) is 45.6 Å². The SMILES string of the molecule is O=C(COCCc1cc(C(F)(F)P)c(=O)[nH]n1)N1CCN(c2ncc(C(F)(F)F)cn2)CC1. The number of hydrogen-bond acceptors (Lipinski definition) is 7. The van der Waals surface area contributed by atoms with Gasteiger partial charge in [0.25, 0.3) is 11.2 Å². The molecule has 0 radical (unpaired) electrons. The summed E-state index contributed by atoms with van der Waals surface area (Å²) in [6.45, 7) is 1.06. The molecule has 2 aromatic heterocycles. The first-order valence-electron chi connectivity index (χ1n) is 9.70. The van der Waals surface area contributed by atoms with Gasteiger partial charge in [-0.1, -0.05) is 9.24 Å². The van der Waals surface area contributed by atoms with Crippen molar-refractivity contribution in [1.82, 2.24) is 25.1 Å². The van der Waals surface area contributed by atoms with Gasteiger partial charge in [-0.25, -0.2) is 15.1 Å². The molecule has 33 heavy (non-hydrogen) atoms. The molecule has 0 aliphatic carbocycles. The highest BCUT2D eigenvalue weighted by Crippen LogP contribution is 2.32. The number of rotatable bonds is 7. The monoisotopic (exact) mass is 494 g/mol. The molecule has 1 N–H and O–H groups in total. The normalized spacial score (nSPS) is 15.1. The summed E-state index contributed by atoms with van der Waals surface area (Å²) >= 11 is 0. The molecular weight excluding hydrogens is 474 g/mol. The standard InChI is InChI=1S/C18H20F5N6O3P/c19-17(20,21)11-8-24-16(25-9-11)29-4-2-28(3-5-29)14(30)10-32-6-1-12-7-13(18(22,23)33)15(31)27-26-12/h7-9H,1-6,10,33H2,(H,27,31). The predicted molar refractivity (Wildman–Crippen MR) is 109 cm³/mol. The number of hydrogen-bond donors (Lipinski definition) is 1. The first kappa shape index (κ1) is 24.9. The smallest absolute Gasteiger partial charge is 0.371 e. The number of aromatic amines is 1. The number of H-pyrrole nitrogens is 1. The third-order valence-corrected chi connectivity index (χ3v) is 5.14. The predicted octanol–water partition coefficient (Wildman–Crippen LogP) is 1.41. The highest BCUT2D eigenvalue weighted by atomic mass is 31.0. The van der Waals surface area contributed by atoms with Crippen molar-refractivity contribution >= 4 is 21.1 Å². The fourth-order valence-corrected chi connectivity index (χ4v) is 3.25. The number of anilines is 1. The van der Waals surface area contributed by atoms with Crippen LogP contribution >= 0.6 is 9.24 Å². The molecule has 0 saturated carbocycles. The minimum absolute atomic E-state index is 0.0199. The fourth-order valence-electron chi connectivity index (χ4n) is 3.04. The molecule has 15 heteroatoms. The van der Waals surface area contributed by atoms with Crippen molar-refractivity contribution in [2.45, 2.75) is 18.3 Å². The van der Waals surface area contributed by atoms with E-state index >= 15 is 0 Å². The molecule has 3 heterocycles. The van der Waals surface area contributed by atoms with Crippen LogP contribution < -0.4 is 10.5 Å². The molecule has 0 spiro atoms. The quantitative estimate of drug-likeness (QED) is 0.353. The maximum Gasteiger partial charge on any atom is 0.419 e. The highest BCUT2D eigenvalue weighted by molar-refractivity contribution is 7.17. The van der Waals surface area contributed by atoms with Crippen LogP contribution in [0.5, 0.6) is 0 Å². The zero-order valence-corrected chi connectivity index (χ0v) is 18.3. The second-order valence-corrected chi connectivity index (χ2v) is 7.89. The third kappa shape index (κ3) is 6.64. The lowest BCUT2D eigenvalue weighted by atomic mass is 10.2. The molecule has 1 unspecified atom stereocenters. The summed E-state index contributed by atoms with van der Waals surface area (Å²) in [6, 6.07) is 0.986. The molecule has 3 rings (SSSR count). The number of alkyl halides is 5. The molecule has 1 aliphatic heterocycles. The Hall–Kier alpha value is -2.73. The Morgan fingerprint density at radius 1 is 1.12 bits per heavy atom. The number of carbonyl (C=O) groups is 1. The van der Waals surface area contributed by atoms with E-state index in [1.807, 2.05) is 5.10 Å². The van der Waals surface area contributed by atoms with E-state index in [0.717, 1.165) is 6.07 Å². The van der Waals surface area contributed by atoms with E-state index in [1.54, 1.807) is 4.90 Å². The maximum atomic E-state index is 13.4. The Balaban J connectivity index is 1.42. The molecule has 2 aromatic rings. The Labute approximate surface area is 186 Å². The Kier molecular flexibility index (Phi) is 7.58. The highest BCUT2D eigenvalue weighted by Gasteiger charge is 2.32. The van der Waals surface area contributed by atoms with Gasteiger partial charge in [0.1, 0.15) is 6.61 Å². The molecule has 1 amide bonds. The van der Waals surface area contributed by atoms with Gasteiger partial charge in [-0.05, 0) is 6.07 Å². The lowest BCUT2D eigenvalue weighted by Crippen LogP contribution is -2.50. The van der Waals surface area contributed by atoms with Crippen LogP contribution in [0.1, 0.15) is 16.8 Å². The minimum atomic E-state index is -4.51. The van der Waals surface area contributed by atoms with Crippen LogP contribution in [0.25, 0.3) is 0 Å². The topological polar surface area (TPSA) is 104 Å². The first-order chi connectivity index (χ1) is 15.4. The van der Waals surface area contributed by atoms with Gasteiger partial charge < -0.3 is 14.5 Å². The van der Waals surface area contributed by atoms with E-state index in [4.69, 9.17) is 4.74 Å². The van der Waals surface area contributed by atoms with E-state index in [9.17, 15) is 31.5 Å². The number of nitrogens with zero attached hydrogens (tertiary/aromatic N) is 5. The summed E-state index contributed by atoms with van der Waals surface area (Å²) in [5.41, 5.74) is -5.87. The third-order valence-electron chi connectivity index (χ3n) is 4.82. The van der Waals surface area contributed by atoms with E-state index in [-0.39, 0.29) is 37.2 Å². The molecular formula is C18H20F5N6O3P. The van der Waals surface area contributed by atoms with Crippen LogP contribution in [0.15, 0.2) is 23.3 Å². The van der Waals surface area contributed by atoms with Gasteiger partial charge in [0, 0.05) is 45.0 Å². The van der Waals surface area contributed by atoms with E-state index < -0.39 is 28.5 Å². The van der Waals surface area contributed by atoms with Crippen LogP contribution in [0.3, 0.4) is 0 Å². The van der Waals surface area contributed by atoms with Crippen LogP contribution in [0, 0.1) is 0 Å². The van der Waals surface area contributed by atoms with Crippen LogP contribution in [0.2, 0.25) is 0 Å². The fraction of sp³-hybridized carbons (Fsp3) is 0.500. The molecule has 180 valence electrons. The lowest BCUT2D eigenvalue weighted by molar-refractivity contribution is -0.138. The van der Waals surface area contributed by atoms with E-state index in [1.165, 1.54) is 14.1 Å². The molecule has 1 aliphatic rings. The van der Waals surface area contributed by atoms with Crippen molar-refractivity contribution < 1.29 is 31.5 Å². The molecule has 1 atom stereocenters. The average molecular weight is 494 g/mol. The van der Waals surface area contributed by atoms with Crippen molar-refractivity contribution in [3.8, 4) is 0 Å². The summed E-state index contributed by atoms with van der Waals surface area (Å²) in [5, 5.41) is 5.68. The van der Waals surface area contributed by atoms with Gasteiger partial charge in [-0.15, -0.1) is 0 Å². The number of amides is 1. The molecule has 1 saturated heterocycles. The van der Waals surface area contributed by atoms with Crippen LogP contribution in [-0.4, -0.2) is 70.4 Å². The zero-order chi connectivity index (χ0) is 24.2. The molecule has 0 aromatic carbocycles. The van der Waals surface area contributed by atoms with Gasteiger partial charge in [0.05, 0.1) is 23.4 Å². The van der Waals surface area contributed by atoms with E-state index in [2.05, 4.69) is 15.1 Å². The van der Waals surface area contributed by atoms with Crippen molar-refractivity contribution in [1.29, 1.82) is 0 Å². The summed E-state index contributed by atoms with van der Waals surface area (Å²) in [4.78, 5) is 34.4. The van der Waals surface area contributed by atoms with Crippen molar-refractivity contribution in [2.24, 2.45) is 0 Å². The largest absolute Gasteiger partial charge is 0.419 e.